The van der Waals surface area contributed by atoms with Crippen LogP contribution < -0.4 is 14.4 Å². The van der Waals surface area contributed by atoms with Gasteiger partial charge in [0.15, 0.2) is 0 Å². The standard InChI is InChI=1S/C27H28Cl2N2O3/c1-3-33-26-10-7-20(16-21(26)18-34-24-8-9-25(29)19(2)15-24)27(32)31-13-11-30(12-14-31)23-6-4-5-22(28)17-23/h4-10,15-17H,3,11-14,18H2,1-2H3. The Kier molecular flexibility index (Phi) is 7.86. The van der Waals surface area contributed by atoms with Crippen LogP contribution in [-0.4, -0.2) is 43.6 Å². The van der Waals surface area contributed by atoms with E-state index >= 15 is 0 Å². The fourth-order valence-electron chi connectivity index (χ4n) is 4.01. The second-order valence-electron chi connectivity index (χ2n) is 8.21. The van der Waals surface area contributed by atoms with Gasteiger partial charge in [0.25, 0.3) is 5.91 Å². The van der Waals surface area contributed by atoms with Crippen LogP contribution in [0, 0.1) is 6.92 Å². The van der Waals surface area contributed by atoms with Gasteiger partial charge in [-0.3, -0.25) is 4.79 Å². The molecule has 5 nitrogen and oxygen atoms in total. The highest BCUT2D eigenvalue weighted by Crippen LogP contribution is 2.26. The molecule has 0 unspecified atom stereocenters. The van der Waals surface area contributed by atoms with Crippen LogP contribution in [0.4, 0.5) is 5.69 Å². The van der Waals surface area contributed by atoms with Crippen LogP contribution in [-0.2, 0) is 6.61 Å². The summed E-state index contributed by atoms with van der Waals surface area (Å²) in [6, 6.07) is 18.9. The summed E-state index contributed by atoms with van der Waals surface area (Å²) in [5.41, 5.74) is 3.49. The molecule has 178 valence electrons. The van der Waals surface area contributed by atoms with Gasteiger partial charge in [-0.1, -0.05) is 29.3 Å². The molecule has 0 aliphatic carbocycles. The number of amides is 1. The Hall–Kier alpha value is -2.89. The molecule has 0 aromatic heterocycles. The van der Waals surface area contributed by atoms with Crippen LogP contribution in [0.15, 0.2) is 60.7 Å². The average Bonchev–Trinajstić information content (AvgIpc) is 2.85. The maximum atomic E-state index is 13.3. The molecule has 1 aliphatic rings. The van der Waals surface area contributed by atoms with E-state index in [0.29, 0.717) is 41.9 Å². The zero-order chi connectivity index (χ0) is 24.1. The van der Waals surface area contributed by atoms with E-state index in [2.05, 4.69) is 4.90 Å². The minimum Gasteiger partial charge on any atom is -0.493 e. The predicted octanol–water partition coefficient (Wildman–Crippen LogP) is 6.24. The number of carbonyl (C=O) groups excluding carboxylic acids is 1. The van der Waals surface area contributed by atoms with Crippen LogP contribution in [0.5, 0.6) is 11.5 Å². The molecule has 1 aliphatic heterocycles. The first-order chi connectivity index (χ1) is 16.4. The number of piperazine rings is 1. The number of anilines is 1. The Morgan fingerprint density at radius 1 is 0.941 bits per heavy atom. The summed E-state index contributed by atoms with van der Waals surface area (Å²) in [5, 5.41) is 1.42. The highest BCUT2D eigenvalue weighted by Gasteiger charge is 2.23. The minimum atomic E-state index is 0.0115. The van der Waals surface area contributed by atoms with Crippen LogP contribution in [0.25, 0.3) is 0 Å². The molecule has 1 saturated heterocycles. The summed E-state index contributed by atoms with van der Waals surface area (Å²) in [4.78, 5) is 17.4. The van der Waals surface area contributed by atoms with Crippen LogP contribution in [0.2, 0.25) is 10.0 Å². The van der Waals surface area contributed by atoms with Gasteiger partial charge in [0.1, 0.15) is 18.1 Å². The molecule has 0 saturated carbocycles. The van der Waals surface area contributed by atoms with E-state index in [1.165, 1.54) is 0 Å². The number of carbonyl (C=O) groups is 1. The largest absolute Gasteiger partial charge is 0.493 e. The average molecular weight is 499 g/mol. The third-order valence-electron chi connectivity index (χ3n) is 5.87. The van der Waals surface area contributed by atoms with E-state index in [1.54, 1.807) is 0 Å². The number of halogens is 2. The Bertz CT molecular complexity index is 1160. The van der Waals surface area contributed by atoms with Crippen LogP contribution in [0.1, 0.15) is 28.4 Å². The van der Waals surface area contributed by atoms with Crippen molar-refractivity contribution in [3.05, 3.63) is 87.4 Å². The third-order valence-corrected chi connectivity index (χ3v) is 6.53. The van der Waals surface area contributed by atoms with E-state index in [-0.39, 0.29) is 5.91 Å². The van der Waals surface area contributed by atoms with Crippen LogP contribution in [0.3, 0.4) is 0 Å². The van der Waals surface area contributed by atoms with Crippen molar-refractivity contribution >= 4 is 34.8 Å². The topological polar surface area (TPSA) is 42.0 Å². The van der Waals surface area contributed by atoms with E-state index in [9.17, 15) is 4.79 Å². The van der Waals surface area contributed by atoms with E-state index < -0.39 is 0 Å². The second kappa shape index (κ2) is 11.0. The first-order valence-electron chi connectivity index (χ1n) is 11.4. The normalized spacial score (nSPS) is 13.6. The lowest BCUT2D eigenvalue weighted by Crippen LogP contribution is -2.48. The summed E-state index contributed by atoms with van der Waals surface area (Å²) in [7, 11) is 0. The Morgan fingerprint density at radius 3 is 2.44 bits per heavy atom. The molecule has 1 heterocycles. The quantitative estimate of drug-likeness (QED) is 0.386. The molecule has 7 heteroatoms. The second-order valence-corrected chi connectivity index (χ2v) is 9.06. The predicted molar refractivity (Wildman–Crippen MR) is 138 cm³/mol. The molecule has 1 amide bonds. The first-order valence-corrected chi connectivity index (χ1v) is 12.1. The van der Waals surface area contributed by atoms with Gasteiger partial charge in [0.05, 0.1) is 6.61 Å². The fraction of sp³-hybridized carbons (Fsp3) is 0.296. The molecular formula is C27H28Cl2N2O3. The molecule has 1 fully saturated rings. The van der Waals surface area contributed by atoms with Crippen molar-refractivity contribution < 1.29 is 14.3 Å². The van der Waals surface area contributed by atoms with Gasteiger partial charge in [-0.25, -0.2) is 0 Å². The maximum Gasteiger partial charge on any atom is 0.253 e. The van der Waals surface area contributed by atoms with Crippen molar-refractivity contribution in [3.63, 3.8) is 0 Å². The summed E-state index contributed by atoms with van der Waals surface area (Å²) in [5.74, 6) is 1.45. The van der Waals surface area contributed by atoms with E-state index in [4.69, 9.17) is 32.7 Å². The van der Waals surface area contributed by atoms with Gasteiger partial charge in [-0.2, -0.15) is 0 Å². The third kappa shape index (κ3) is 5.78. The number of nitrogens with zero attached hydrogens (tertiary/aromatic N) is 2. The number of rotatable bonds is 7. The zero-order valence-electron chi connectivity index (χ0n) is 19.4. The van der Waals surface area contributed by atoms with Crippen molar-refractivity contribution in [2.75, 3.05) is 37.7 Å². The Balaban J connectivity index is 1.44. The number of benzene rings is 3. The lowest BCUT2D eigenvalue weighted by molar-refractivity contribution is 0.0746. The molecule has 0 spiro atoms. The van der Waals surface area contributed by atoms with Gasteiger partial charge in [-0.15, -0.1) is 0 Å². The van der Waals surface area contributed by atoms with E-state index in [0.717, 1.165) is 41.4 Å². The molecule has 0 bridgehead atoms. The number of hydrogen-bond donors (Lipinski definition) is 0. The van der Waals surface area contributed by atoms with Crippen molar-refractivity contribution in [3.8, 4) is 11.5 Å². The lowest BCUT2D eigenvalue weighted by atomic mass is 10.1. The summed E-state index contributed by atoms with van der Waals surface area (Å²) in [6.07, 6.45) is 0. The zero-order valence-corrected chi connectivity index (χ0v) is 20.9. The van der Waals surface area contributed by atoms with Crippen molar-refractivity contribution in [1.82, 2.24) is 4.90 Å². The lowest BCUT2D eigenvalue weighted by Gasteiger charge is -2.36. The van der Waals surface area contributed by atoms with Gasteiger partial charge in [0, 0.05) is 53.0 Å². The number of ether oxygens (including phenoxy) is 2. The molecule has 3 aromatic carbocycles. The SMILES string of the molecule is CCOc1ccc(C(=O)N2CCN(c3cccc(Cl)c3)CC2)cc1COc1ccc(Cl)c(C)c1. The minimum absolute atomic E-state index is 0.0115. The molecule has 0 radical (unpaired) electrons. The smallest absolute Gasteiger partial charge is 0.253 e. The Labute approximate surface area is 210 Å². The summed E-state index contributed by atoms with van der Waals surface area (Å²) < 4.78 is 11.8. The molecular weight excluding hydrogens is 471 g/mol. The molecule has 0 N–H and O–H groups in total. The van der Waals surface area contributed by atoms with Gasteiger partial charge in [-0.05, 0) is 74.0 Å². The van der Waals surface area contributed by atoms with Gasteiger partial charge < -0.3 is 19.3 Å². The molecule has 0 atom stereocenters. The number of aryl methyl sites for hydroxylation is 1. The first kappa shape index (κ1) is 24.2. The van der Waals surface area contributed by atoms with Crippen molar-refractivity contribution in [2.24, 2.45) is 0 Å². The van der Waals surface area contributed by atoms with Gasteiger partial charge >= 0.3 is 0 Å². The molecule has 3 aromatic rings. The van der Waals surface area contributed by atoms with Crippen molar-refractivity contribution in [1.29, 1.82) is 0 Å². The molecule has 4 rings (SSSR count). The fourth-order valence-corrected chi connectivity index (χ4v) is 4.31. The highest BCUT2D eigenvalue weighted by molar-refractivity contribution is 6.31. The highest BCUT2D eigenvalue weighted by atomic mass is 35.5. The van der Waals surface area contributed by atoms with E-state index in [1.807, 2.05) is 79.4 Å². The summed E-state index contributed by atoms with van der Waals surface area (Å²) in [6.45, 7) is 7.51. The maximum absolute atomic E-state index is 13.3. The molecule has 34 heavy (non-hydrogen) atoms. The number of hydrogen-bond acceptors (Lipinski definition) is 4. The summed E-state index contributed by atoms with van der Waals surface area (Å²) >= 11 is 12.3. The monoisotopic (exact) mass is 498 g/mol. The Morgan fingerprint density at radius 2 is 1.74 bits per heavy atom. The van der Waals surface area contributed by atoms with Crippen molar-refractivity contribution in [2.45, 2.75) is 20.5 Å². The van der Waals surface area contributed by atoms with Crippen LogP contribution >= 0.6 is 23.2 Å². The van der Waals surface area contributed by atoms with Gasteiger partial charge in [0.2, 0.25) is 0 Å².